The molecule has 1 heterocycles. The molecule has 102 valence electrons. The molecule has 0 atom stereocenters. The molecule has 0 spiro atoms. The van der Waals surface area contributed by atoms with E-state index in [0.29, 0.717) is 29.9 Å². The Balaban J connectivity index is 2.42. The molecule has 1 aliphatic rings. The third kappa shape index (κ3) is 3.05. The van der Waals surface area contributed by atoms with E-state index in [1.807, 2.05) is 0 Å². The molecular formula is C14H18N2O3. The van der Waals surface area contributed by atoms with Gasteiger partial charge in [0.15, 0.2) is 0 Å². The van der Waals surface area contributed by atoms with Gasteiger partial charge in [-0.3, -0.25) is 4.79 Å². The lowest BCUT2D eigenvalue weighted by Crippen LogP contribution is -2.28. The maximum absolute atomic E-state index is 12.2. The molecule has 1 aliphatic heterocycles. The molecule has 0 fully saturated rings. The zero-order valence-electron chi connectivity index (χ0n) is 11.4. The van der Waals surface area contributed by atoms with Crippen molar-refractivity contribution in [2.45, 2.75) is 26.4 Å². The van der Waals surface area contributed by atoms with Crippen LogP contribution in [-0.2, 0) is 4.74 Å². The highest BCUT2D eigenvalue weighted by Crippen LogP contribution is 2.23. The topological polar surface area (TPSA) is 67.4 Å². The minimum Gasteiger partial charge on any atom is -0.456 e. The van der Waals surface area contributed by atoms with E-state index >= 15 is 0 Å². The molecule has 0 aromatic heterocycles. The number of fused-ring (bicyclic) bond motifs is 1. The predicted molar refractivity (Wildman–Crippen MR) is 72.4 cm³/mol. The van der Waals surface area contributed by atoms with Crippen LogP contribution >= 0.6 is 0 Å². The van der Waals surface area contributed by atoms with E-state index in [9.17, 15) is 9.59 Å². The van der Waals surface area contributed by atoms with Gasteiger partial charge in [0.1, 0.15) is 5.60 Å². The number of hydrogen-bond acceptors (Lipinski definition) is 4. The second-order valence-corrected chi connectivity index (χ2v) is 5.41. The highest BCUT2D eigenvalue weighted by molar-refractivity contribution is 6.09. The maximum Gasteiger partial charge on any atom is 0.339 e. The Morgan fingerprint density at radius 3 is 2.58 bits per heavy atom. The predicted octanol–water partition coefficient (Wildman–Crippen LogP) is 1.80. The van der Waals surface area contributed by atoms with Crippen molar-refractivity contribution < 1.29 is 14.3 Å². The number of anilines is 1. The quantitative estimate of drug-likeness (QED) is 0.757. The Bertz CT molecular complexity index is 518. The number of rotatable bonds is 1. The minimum absolute atomic E-state index is 0.249. The fourth-order valence-electron chi connectivity index (χ4n) is 1.91. The summed E-state index contributed by atoms with van der Waals surface area (Å²) in [5.74, 6) is -0.732. The van der Waals surface area contributed by atoms with E-state index in [4.69, 9.17) is 4.74 Å². The van der Waals surface area contributed by atoms with Gasteiger partial charge < -0.3 is 15.4 Å². The number of carbonyl (C=O) groups is 2. The van der Waals surface area contributed by atoms with Crippen LogP contribution in [0.2, 0.25) is 0 Å². The number of ether oxygens (including phenoxy) is 1. The molecule has 1 aromatic carbocycles. The van der Waals surface area contributed by atoms with Gasteiger partial charge in [0.05, 0.1) is 11.1 Å². The summed E-state index contributed by atoms with van der Waals surface area (Å²) in [4.78, 5) is 24.2. The average Bonchev–Trinajstić information content (AvgIpc) is 2.49. The molecule has 0 bridgehead atoms. The third-order valence-corrected chi connectivity index (χ3v) is 2.64. The summed E-state index contributed by atoms with van der Waals surface area (Å²) < 4.78 is 5.33. The lowest BCUT2D eigenvalue weighted by atomic mass is 10.0. The van der Waals surface area contributed by atoms with Gasteiger partial charge in [-0.05, 0) is 32.9 Å². The van der Waals surface area contributed by atoms with E-state index in [1.54, 1.807) is 39.0 Å². The molecule has 5 heteroatoms. The van der Waals surface area contributed by atoms with Crippen molar-refractivity contribution in [3.63, 3.8) is 0 Å². The molecule has 0 saturated carbocycles. The van der Waals surface area contributed by atoms with Gasteiger partial charge >= 0.3 is 5.97 Å². The van der Waals surface area contributed by atoms with Crippen LogP contribution < -0.4 is 10.6 Å². The van der Waals surface area contributed by atoms with Crippen molar-refractivity contribution in [2.75, 3.05) is 18.4 Å². The monoisotopic (exact) mass is 262 g/mol. The molecule has 0 saturated heterocycles. The molecule has 1 aromatic rings. The molecule has 0 radical (unpaired) electrons. The Labute approximate surface area is 112 Å². The lowest BCUT2D eigenvalue weighted by Gasteiger charge is -2.20. The van der Waals surface area contributed by atoms with Gasteiger partial charge in [0.2, 0.25) is 0 Å². The molecule has 19 heavy (non-hydrogen) atoms. The number of amides is 1. The first-order valence-corrected chi connectivity index (χ1v) is 6.27. The van der Waals surface area contributed by atoms with Gasteiger partial charge in [0, 0.05) is 18.8 Å². The molecular weight excluding hydrogens is 244 g/mol. The average molecular weight is 262 g/mol. The second-order valence-electron chi connectivity index (χ2n) is 5.41. The Kier molecular flexibility index (Phi) is 3.46. The van der Waals surface area contributed by atoms with E-state index < -0.39 is 11.6 Å². The van der Waals surface area contributed by atoms with E-state index in [1.165, 1.54) is 0 Å². The molecule has 0 aliphatic carbocycles. The van der Waals surface area contributed by atoms with Crippen LogP contribution in [0.3, 0.4) is 0 Å². The van der Waals surface area contributed by atoms with Gasteiger partial charge in [-0.1, -0.05) is 6.07 Å². The van der Waals surface area contributed by atoms with Gasteiger partial charge in [-0.2, -0.15) is 0 Å². The highest BCUT2D eigenvalue weighted by atomic mass is 16.6. The fourth-order valence-corrected chi connectivity index (χ4v) is 1.91. The van der Waals surface area contributed by atoms with Crippen molar-refractivity contribution in [2.24, 2.45) is 0 Å². The largest absolute Gasteiger partial charge is 0.456 e. The van der Waals surface area contributed by atoms with E-state index in [0.717, 1.165) is 0 Å². The smallest absolute Gasteiger partial charge is 0.339 e. The molecule has 5 nitrogen and oxygen atoms in total. The zero-order chi connectivity index (χ0) is 14.0. The van der Waals surface area contributed by atoms with Crippen LogP contribution in [-0.4, -0.2) is 30.6 Å². The number of nitrogens with one attached hydrogen (secondary N) is 2. The Morgan fingerprint density at radius 1 is 1.21 bits per heavy atom. The Morgan fingerprint density at radius 2 is 1.89 bits per heavy atom. The summed E-state index contributed by atoms with van der Waals surface area (Å²) >= 11 is 0. The van der Waals surface area contributed by atoms with E-state index in [2.05, 4.69) is 10.6 Å². The molecule has 1 amide bonds. The number of hydrogen-bond donors (Lipinski definition) is 2. The van der Waals surface area contributed by atoms with Crippen molar-refractivity contribution in [1.82, 2.24) is 5.32 Å². The standard InChI is InChI=1S/C14H18N2O3/c1-14(2,3)19-13(18)9-5-4-6-10-11(9)12(17)16-8-7-15-10/h4-6,15H,7-8H2,1-3H3,(H,16,17). The molecule has 0 unspecified atom stereocenters. The van der Waals surface area contributed by atoms with Crippen molar-refractivity contribution in [3.05, 3.63) is 29.3 Å². The van der Waals surface area contributed by atoms with Crippen molar-refractivity contribution >= 4 is 17.6 Å². The van der Waals surface area contributed by atoms with Crippen LogP contribution in [0.5, 0.6) is 0 Å². The zero-order valence-corrected chi connectivity index (χ0v) is 11.4. The Hall–Kier alpha value is -2.04. The van der Waals surface area contributed by atoms with Crippen molar-refractivity contribution in [3.8, 4) is 0 Å². The minimum atomic E-state index is -0.589. The van der Waals surface area contributed by atoms with Crippen LogP contribution in [0.1, 0.15) is 41.5 Å². The fraction of sp³-hybridized carbons (Fsp3) is 0.429. The SMILES string of the molecule is CC(C)(C)OC(=O)c1cccc2c1C(=O)NCCN2. The first kappa shape index (κ1) is 13.4. The summed E-state index contributed by atoms with van der Waals surface area (Å²) in [6.45, 7) is 6.55. The lowest BCUT2D eigenvalue weighted by molar-refractivity contribution is 0.00677. The van der Waals surface area contributed by atoms with Crippen LogP contribution in [0.25, 0.3) is 0 Å². The van der Waals surface area contributed by atoms with Crippen LogP contribution in [0, 0.1) is 0 Å². The summed E-state index contributed by atoms with van der Waals surface area (Å²) in [5, 5.41) is 5.87. The number of carbonyl (C=O) groups excluding carboxylic acids is 2. The summed E-state index contributed by atoms with van der Waals surface area (Å²) in [6.07, 6.45) is 0. The number of esters is 1. The number of benzene rings is 1. The van der Waals surface area contributed by atoms with E-state index in [-0.39, 0.29) is 5.91 Å². The van der Waals surface area contributed by atoms with Gasteiger partial charge in [-0.15, -0.1) is 0 Å². The summed E-state index contributed by atoms with van der Waals surface area (Å²) in [5.41, 5.74) is 0.723. The van der Waals surface area contributed by atoms with Crippen LogP contribution in [0.4, 0.5) is 5.69 Å². The normalized spacial score (nSPS) is 14.8. The first-order valence-electron chi connectivity index (χ1n) is 6.27. The highest BCUT2D eigenvalue weighted by Gasteiger charge is 2.26. The third-order valence-electron chi connectivity index (χ3n) is 2.64. The van der Waals surface area contributed by atoms with Gasteiger partial charge in [0.25, 0.3) is 5.91 Å². The molecule has 2 N–H and O–H groups in total. The second kappa shape index (κ2) is 4.91. The van der Waals surface area contributed by atoms with Crippen molar-refractivity contribution in [1.29, 1.82) is 0 Å². The molecule has 2 rings (SSSR count). The first-order chi connectivity index (χ1) is 8.88. The summed E-state index contributed by atoms with van der Waals surface area (Å²) in [7, 11) is 0. The maximum atomic E-state index is 12.2. The van der Waals surface area contributed by atoms with Gasteiger partial charge in [-0.25, -0.2) is 4.79 Å². The van der Waals surface area contributed by atoms with Crippen LogP contribution in [0.15, 0.2) is 18.2 Å². The summed E-state index contributed by atoms with van der Waals surface area (Å²) in [6, 6.07) is 5.14.